The fraction of sp³-hybridized carbons (Fsp3) is 0.778. The largest absolute Gasteiger partial charge is 0.756 e. The molecule has 3 heterocycles. The number of hydrogen-bond acceptors (Lipinski definition) is 13. The number of H-pyrrole nitrogens is 1. The van der Waals surface area contributed by atoms with E-state index in [0.29, 0.717) is 6.42 Å². The van der Waals surface area contributed by atoms with Crippen molar-refractivity contribution in [3.63, 3.8) is 0 Å². The van der Waals surface area contributed by atoms with E-state index in [1.807, 2.05) is 0 Å². The average molecular weight is 558 g/mol. The van der Waals surface area contributed by atoms with Crippen molar-refractivity contribution in [3.8, 4) is 0 Å². The zero-order valence-corrected chi connectivity index (χ0v) is 21.7. The third-order valence-electron chi connectivity index (χ3n) is 5.77. The molecule has 3 rings (SSSR count). The number of aryl methyl sites for hydroxylation is 1. The summed E-state index contributed by atoms with van der Waals surface area (Å²) in [5.41, 5.74) is -1.16. The highest BCUT2D eigenvalue weighted by Gasteiger charge is 2.42. The van der Waals surface area contributed by atoms with Gasteiger partial charge >= 0.3 is 13.5 Å². The van der Waals surface area contributed by atoms with Crippen molar-refractivity contribution in [3.05, 3.63) is 32.6 Å². The van der Waals surface area contributed by atoms with Gasteiger partial charge in [-0.2, -0.15) is 0 Å². The topological polar surface area (TPSA) is 222 Å². The number of ether oxygens (including phenoxy) is 2. The van der Waals surface area contributed by atoms with Crippen LogP contribution in [0.5, 0.6) is 0 Å². The zero-order chi connectivity index (χ0) is 27.0. The van der Waals surface area contributed by atoms with Crippen LogP contribution >= 0.6 is 15.6 Å². The Hall–Kier alpha value is -1.26. The molecule has 4 N–H and O–H groups in total. The summed E-state index contributed by atoms with van der Waals surface area (Å²) >= 11 is 0. The first-order chi connectivity index (χ1) is 16.6. The van der Waals surface area contributed by atoms with Crippen LogP contribution in [0, 0.1) is 6.92 Å². The van der Waals surface area contributed by atoms with Crippen LogP contribution in [0.2, 0.25) is 0 Å². The van der Waals surface area contributed by atoms with Crippen molar-refractivity contribution in [1.82, 2.24) is 14.5 Å². The summed E-state index contributed by atoms with van der Waals surface area (Å²) in [6.07, 6.45) is -5.62. The highest BCUT2D eigenvalue weighted by molar-refractivity contribution is 7.60. The van der Waals surface area contributed by atoms with Crippen LogP contribution in [0.25, 0.3) is 0 Å². The predicted molar refractivity (Wildman–Crippen MR) is 119 cm³/mol. The Balaban J connectivity index is 1.59. The van der Waals surface area contributed by atoms with Gasteiger partial charge in [0.1, 0.15) is 18.4 Å². The summed E-state index contributed by atoms with van der Waals surface area (Å²) in [5.74, 6) is 0. The summed E-state index contributed by atoms with van der Waals surface area (Å²) in [4.78, 5) is 49.5. The standard InChI is InChI=1S/C18H31N3O13P2/c1-9-7-21(18(25)19-16(9)24)14-6-12(22)13(32-14)8-30-35(26,27)34-36(28,29)33-17-15(23)11(20(3)4)5-10(2)31-17/h7,10-15,17,22-23H,5-6,8H2,1-4H3,(H,26,27)(H,28,29)(H,19,24,25)/p-1/t10?,11-,12+,13+,14+,15?,17-/m0/s1. The normalized spacial score (nSPS) is 34.4. The van der Waals surface area contributed by atoms with Gasteiger partial charge in [-0.15, -0.1) is 0 Å². The summed E-state index contributed by atoms with van der Waals surface area (Å²) in [6, 6.07) is -0.511. The highest BCUT2D eigenvalue weighted by Crippen LogP contribution is 2.59. The van der Waals surface area contributed by atoms with Crippen molar-refractivity contribution in [2.45, 2.75) is 69.7 Å². The second kappa shape index (κ2) is 11.2. The van der Waals surface area contributed by atoms with Gasteiger partial charge in [-0.05, 0) is 34.4 Å². The number of aliphatic hydroxyl groups excluding tert-OH is 2. The van der Waals surface area contributed by atoms with E-state index >= 15 is 0 Å². The Morgan fingerprint density at radius 1 is 1.25 bits per heavy atom. The van der Waals surface area contributed by atoms with Gasteiger partial charge in [0.25, 0.3) is 13.4 Å². The van der Waals surface area contributed by atoms with Gasteiger partial charge in [0.05, 0.1) is 18.8 Å². The van der Waals surface area contributed by atoms with Crippen molar-refractivity contribution in [1.29, 1.82) is 0 Å². The minimum Gasteiger partial charge on any atom is -0.756 e. The number of nitrogens with one attached hydrogen (secondary N) is 1. The number of rotatable bonds is 9. The molecule has 0 radical (unpaired) electrons. The number of nitrogens with zero attached hydrogens (tertiary/aromatic N) is 2. The van der Waals surface area contributed by atoms with E-state index < -0.39 is 76.5 Å². The van der Waals surface area contributed by atoms with Gasteiger partial charge in [0.2, 0.25) is 0 Å². The number of likely N-dealkylation sites (N-methyl/N-ethyl adjacent to an activating group) is 1. The van der Waals surface area contributed by atoms with E-state index in [1.54, 1.807) is 25.9 Å². The number of phosphoric acid groups is 2. The maximum Gasteiger partial charge on any atom is 0.478 e. The molecule has 0 aliphatic carbocycles. The average Bonchev–Trinajstić information content (AvgIpc) is 3.10. The predicted octanol–water partition coefficient (Wildman–Crippen LogP) is -1.46. The molecule has 4 unspecified atom stereocenters. The smallest absolute Gasteiger partial charge is 0.478 e. The van der Waals surface area contributed by atoms with Crippen LogP contribution < -0.4 is 16.1 Å². The molecule has 0 amide bonds. The van der Waals surface area contributed by atoms with E-state index in [2.05, 4.69) is 13.8 Å². The summed E-state index contributed by atoms with van der Waals surface area (Å²) in [5, 5.41) is 20.6. The van der Waals surface area contributed by atoms with E-state index in [0.717, 1.165) is 4.57 Å². The molecule has 0 spiro atoms. The highest BCUT2D eigenvalue weighted by atomic mass is 31.3. The van der Waals surface area contributed by atoms with Crippen LogP contribution in [-0.2, 0) is 32.0 Å². The van der Waals surface area contributed by atoms with Gasteiger partial charge in [-0.1, -0.05) is 0 Å². The minimum atomic E-state index is -5.53. The first-order valence-corrected chi connectivity index (χ1v) is 13.9. The van der Waals surface area contributed by atoms with Crippen LogP contribution in [-0.4, -0.2) is 87.0 Å². The maximum atomic E-state index is 12.3. The molecule has 1 aromatic heterocycles. The molecule has 206 valence electrons. The Kier molecular flexibility index (Phi) is 9.14. The van der Waals surface area contributed by atoms with Crippen molar-refractivity contribution < 1.29 is 52.0 Å². The quantitative estimate of drug-likeness (QED) is 0.254. The number of aliphatic hydroxyl groups is 2. The summed E-state index contributed by atoms with van der Waals surface area (Å²) in [7, 11) is -7.49. The molecule has 2 aliphatic rings. The lowest BCUT2D eigenvalue weighted by atomic mass is 9.99. The summed E-state index contributed by atoms with van der Waals surface area (Å²) < 4.78 is 49.9. The minimum absolute atomic E-state index is 0.124. The summed E-state index contributed by atoms with van der Waals surface area (Å²) in [6.45, 7) is 2.31. The SMILES string of the molecule is Cc1cn([C@H]2C[C@@H](O)[C@@H](COP(=O)(O)OP(=O)([O-])O[C@@H]3OC(C)C[C@H](N(C)C)C3O)O2)c(=O)[nH]c1=O. The van der Waals surface area contributed by atoms with Crippen LogP contribution in [0.15, 0.2) is 15.8 Å². The Labute approximate surface area is 205 Å². The van der Waals surface area contributed by atoms with Gasteiger partial charge in [-0.3, -0.25) is 28.0 Å². The molecular weight excluding hydrogens is 528 g/mol. The molecule has 0 aromatic carbocycles. The Bertz CT molecular complexity index is 1140. The first-order valence-electron chi connectivity index (χ1n) is 10.9. The van der Waals surface area contributed by atoms with E-state index in [1.165, 1.54) is 13.1 Å². The van der Waals surface area contributed by atoms with Gasteiger partial charge in [-0.25, -0.2) is 13.7 Å². The van der Waals surface area contributed by atoms with Crippen molar-refractivity contribution in [2.75, 3.05) is 20.7 Å². The van der Waals surface area contributed by atoms with E-state index in [9.17, 15) is 38.7 Å². The number of phosphoric ester groups is 2. The van der Waals surface area contributed by atoms with Gasteiger partial charge in [0, 0.05) is 24.2 Å². The Morgan fingerprint density at radius 2 is 1.92 bits per heavy atom. The lowest BCUT2D eigenvalue weighted by Crippen LogP contribution is -2.54. The van der Waals surface area contributed by atoms with Crippen LogP contribution in [0.3, 0.4) is 0 Å². The second-order valence-electron chi connectivity index (χ2n) is 8.88. The van der Waals surface area contributed by atoms with Crippen LogP contribution in [0.4, 0.5) is 0 Å². The lowest BCUT2D eigenvalue weighted by molar-refractivity contribution is -0.270. The number of hydrogen-bond donors (Lipinski definition) is 4. The van der Waals surface area contributed by atoms with Crippen molar-refractivity contribution in [2.24, 2.45) is 0 Å². The fourth-order valence-corrected chi connectivity index (χ4v) is 6.05. The molecule has 36 heavy (non-hydrogen) atoms. The first kappa shape index (κ1) is 29.3. The van der Waals surface area contributed by atoms with Crippen molar-refractivity contribution >= 4 is 15.6 Å². The third kappa shape index (κ3) is 7.19. The number of aromatic nitrogens is 2. The molecule has 2 saturated heterocycles. The molecule has 2 fully saturated rings. The zero-order valence-electron chi connectivity index (χ0n) is 20.0. The van der Waals surface area contributed by atoms with E-state index in [-0.39, 0.29) is 12.0 Å². The molecule has 1 aromatic rings. The Morgan fingerprint density at radius 3 is 2.56 bits per heavy atom. The molecule has 0 bridgehead atoms. The lowest BCUT2D eigenvalue weighted by Gasteiger charge is -2.42. The van der Waals surface area contributed by atoms with Gasteiger partial charge < -0.3 is 34.4 Å². The monoisotopic (exact) mass is 558 g/mol. The fourth-order valence-electron chi connectivity index (χ4n) is 3.93. The molecule has 0 saturated carbocycles. The molecule has 16 nitrogen and oxygen atoms in total. The van der Waals surface area contributed by atoms with E-state index in [4.69, 9.17) is 14.0 Å². The molecular formula is C18H30N3O13P2-. The molecule has 2 aliphatic heterocycles. The molecule has 9 atom stereocenters. The molecule has 18 heteroatoms. The number of aromatic amines is 1. The third-order valence-corrected chi connectivity index (χ3v) is 8.34. The van der Waals surface area contributed by atoms with Gasteiger partial charge in [0.15, 0.2) is 6.29 Å². The van der Waals surface area contributed by atoms with Crippen LogP contribution in [0.1, 0.15) is 31.6 Å². The maximum absolute atomic E-state index is 12.3. The second-order valence-corrected chi connectivity index (χ2v) is 11.8.